The van der Waals surface area contributed by atoms with E-state index in [1.165, 1.54) is 6.07 Å². The molecule has 1 aromatic heterocycles. The molecule has 2 aliphatic carbocycles. The van der Waals surface area contributed by atoms with Gasteiger partial charge in [-0.1, -0.05) is 35.5 Å². The molecule has 0 bridgehead atoms. The van der Waals surface area contributed by atoms with Crippen LogP contribution in [0.5, 0.6) is 5.75 Å². The van der Waals surface area contributed by atoms with Crippen LogP contribution in [0.15, 0.2) is 47.1 Å². The van der Waals surface area contributed by atoms with Crippen molar-refractivity contribution in [2.45, 2.75) is 70.1 Å². The van der Waals surface area contributed by atoms with E-state index in [1.54, 1.807) is 11.8 Å². The molecule has 1 spiro atoms. The molecule has 1 atom stereocenters. The first-order valence-electron chi connectivity index (χ1n) is 16.1. The number of Topliss-reactive ketones (excluding diaryl/α,β-unsaturated/α-hetero) is 1. The summed E-state index contributed by atoms with van der Waals surface area (Å²) in [7, 11) is 0. The number of fused-ring (bicyclic) bond motifs is 1. The van der Waals surface area contributed by atoms with Gasteiger partial charge in [0.15, 0.2) is 11.5 Å². The van der Waals surface area contributed by atoms with Crippen LogP contribution in [-0.2, 0) is 16.1 Å². The minimum absolute atomic E-state index is 0.0131. The Morgan fingerprint density at radius 1 is 1.06 bits per heavy atom. The predicted molar refractivity (Wildman–Crippen MR) is 164 cm³/mol. The molecule has 3 heterocycles. The van der Waals surface area contributed by atoms with Crippen molar-refractivity contribution in [1.29, 1.82) is 0 Å². The Labute approximate surface area is 270 Å². The highest BCUT2D eigenvalue weighted by Crippen LogP contribution is 2.51. The molecule has 3 amide bonds. The summed E-state index contributed by atoms with van der Waals surface area (Å²) in [5, 5.41) is 12.8. The van der Waals surface area contributed by atoms with Crippen LogP contribution in [0.2, 0.25) is 0 Å². The summed E-state index contributed by atoms with van der Waals surface area (Å²) in [6, 6.07) is 10.9. The average Bonchev–Trinajstić information content (AvgIpc) is 4.01. The second-order valence-electron chi connectivity index (χ2n) is 13.1. The third-order valence-electron chi connectivity index (χ3n) is 9.73. The molecule has 246 valence electrons. The SMILES string of the molecule is Cc1nonc1C(=O)N[C@H](C(=O)Nc1cc2c(cc1F)C(=O)CC1(CCN(C(=O)OCc3ccccc3)CC1)O2)C(C1CC1)C1CC1. The van der Waals surface area contributed by atoms with Crippen molar-refractivity contribution in [3.05, 3.63) is 70.8 Å². The number of aromatic nitrogens is 2. The van der Waals surface area contributed by atoms with E-state index in [9.17, 15) is 19.2 Å². The van der Waals surface area contributed by atoms with Crippen molar-refractivity contribution >= 4 is 29.4 Å². The van der Waals surface area contributed by atoms with Gasteiger partial charge in [-0.15, -0.1) is 0 Å². The van der Waals surface area contributed by atoms with Gasteiger partial charge in [-0.05, 0) is 67.1 Å². The number of aryl methyl sites for hydroxylation is 1. The van der Waals surface area contributed by atoms with Crippen molar-refractivity contribution < 1.29 is 37.7 Å². The number of nitrogens with one attached hydrogen (secondary N) is 2. The van der Waals surface area contributed by atoms with Gasteiger partial charge in [0, 0.05) is 32.0 Å². The fourth-order valence-corrected chi connectivity index (χ4v) is 6.88. The Morgan fingerprint density at radius 3 is 2.40 bits per heavy atom. The van der Waals surface area contributed by atoms with Gasteiger partial charge in [-0.2, -0.15) is 0 Å². The minimum atomic E-state index is -0.936. The monoisotopic (exact) mass is 645 g/mol. The first kappa shape index (κ1) is 30.8. The molecule has 2 aromatic carbocycles. The Hall–Kier alpha value is -4.81. The summed E-state index contributed by atoms with van der Waals surface area (Å²) in [4.78, 5) is 54.5. The Morgan fingerprint density at radius 2 is 1.77 bits per heavy atom. The number of carbonyl (C=O) groups excluding carboxylic acids is 4. The van der Waals surface area contributed by atoms with Crippen molar-refractivity contribution in [2.75, 3.05) is 18.4 Å². The summed E-state index contributed by atoms with van der Waals surface area (Å²) in [6.45, 7) is 2.39. The van der Waals surface area contributed by atoms with Crippen LogP contribution in [-0.4, -0.2) is 63.6 Å². The number of hydrogen-bond donors (Lipinski definition) is 2. The van der Waals surface area contributed by atoms with E-state index >= 15 is 4.39 Å². The molecule has 3 fully saturated rings. The molecule has 12 nitrogen and oxygen atoms in total. The third kappa shape index (κ3) is 6.56. The molecule has 0 unspecified atom stereocenters. The zero-order chi connectivity index (χ0) is 32.7. The van der Waals surface area contributed by atoms with Gasteiger partial charge < -0.3 is 25.0 Å². The minimum Gasteiger partial charge on any atom is -0.486 e. The summed E-state index contributed by atoms with van der Waals surface area (Å²) in [5.74, 6) is -1.57. The molecule has 0 radical (unpaired) electrons. The van der Waals surface area contributed by atoms with Gasteiger partial charge >= 0.3 is 6.09 Å². The number of piperidine rings is 1. The lowest BCUT2D eigenvalue weighted by atomic mass is 9.82. The highest BCUT2D eigenvalue weighted by molar-refractivity contribution is 6.03. The molecular weight excluding hydrogens is 609 g/mol. The van der Waals surface area contributed by atoms with Crippen molar-refractivity contribution in [1.82, 2.24) is 20.5 Å². The van der Waals surface area contributed by atoms with E-state index in [0.29, 0.717) is 31.6 Å². The number of hydrogen-bond acceptors (Lipinski definition) is 9. The standard InChI is InChI=1S/C34H36FN5O7/c1-19-29(39-47-38-19)31(42)37-30(28(21-7-8-21)22-9-10-22)32(43)36-25-16-27-23(15-24(25)35)26(41)17-34(46-27)11-13-40(14-12-34)33(44)45-18-20-5-3-2-4-6-20/h2-6,15-16,21-22,28,30H,7-14,17-18H2,1H3,(H,36,43)(H,37,42)/t30-/m0/s1. The summed E-state index contributed by atoms with van der Waals surface area (Å²) < 4.78 is 32.0. The Kier molecular flexibility index (Phi) is 8.15. The molecule has 2 saturated carbocycles. The van der Waals surface area contributed by atoms with E-state index in [4.69, 9.17) is 9.47 Å². The number of benzene rings is 2. The zero-order valence-electron chi connectivity index (χ0n) is 26.0. The largest absolute Gasteiger partial charge is 0.486 e. The molecule has 3 aromatic rings. The Balaban J connectivity index is 1.05. The summed E-state index contributed by atoms with van der Waals surface area (Å²) in [5.41, 5.74) is 0.243. The van der Waals surface area contributed by atoms with Gasteiger partial charge in [0.2, 0.25) is 5.91 Å². The zero-order valence-corrected chi connectivity index (χ0v) is 26.0. The number of ketones is 1. The molecular formula is C34H36FN5O7. The first-order chi connectivity index (χ1) is 22.7. The van der Waals surface area contributed by atoms with Crippen LogP contribution < -0.4 is 15.4 Å². The van der Waals surface area contributed by atoms with Gasteiger partial charge in [0.25, 0.3) is 5.91 Å². The average molecular weight is 646 g/mol. The van der Waals surface area contributed by atoms with Crippen LogP contribution in [0.1, 0.15) is 77.0 Å². The van der Waals surface area contributed by atoms with Crippen LogP contribution in [0.4, 0.5) is 14.9 Å². The number of nitrogens with zero attached hydrogens (tertiary/aromatic N) is 3. The smallest absolute Gasteiger partial charge is 0.410 e. The van der Waals surface area contributed by atoms with Crippen molar-refractivity contribution in [2.24, 2.45) is 17.8 Å². The van der Waals surface area contributed by atoms with Crippen LogP contribution in [0, 0.1) is 30.5 Å². The fraction of sp³-hybridized carbons (Fsp3) is 0.471. The van der Waals surface area contributed by atoms with Gasteiger partial charge in [-0.25, -0.2) is 13.8 Å². The molecule has 47 heavy (non-hydrogen) atoms. The lowest BCUT2D eigenvalue weighted by Crippen LogP contribution is -2.52. The Bertz CT molecular complexity index is 1680. The van der Waals surface area contributed by atoms with E-state index < -0.39 is 35.4 Å². The maximum absolute atomic E-state index is 15.4. The number of likely N-dealkylation sites (tertiary alicyclic amines) is 1. The topological polar surface area (TPSA) is 153 Å². The van der Waals surface area contributed by atoms with Crippen LogP contribution in [0.25, 0.3) is 0 Å². The van der Waals surface area contributed by atoms with Crippen LogP contribution >= 0.6 is 0 Å². The maximum Gasteiger partial charge on any atom is 0.410 e. The summed E-state index contributed by atoms with van der Waals surface area (Å²) in [6.07, 6.45) is 4.20. The quantitative estimate of drug-likeness (QED) is 0.333. The van der Waals surface area contributed by atoms with Gasteiger partial charge in [-0.3, -0.25) is 14.4 Å². The second kappa shape index (κ2) is 12.4. The number of ether oxygens (including phenoxy) is 2. The molecule has 1 saturated heterocycles. The molecule has 13 heteroatoms. The highest BCUT2D eigenvalue weighted by Gasteiger charge is 2.49. The third-order valence-corrected chi connectivity index (χ3v) is 9.73. The fourth-order valence-electron chi connectivity index (χ4n) is 6.88. The number of rotatable bonds is 9. The van der Waals surface area contributed by atoms with E-state index in [-0.39, 0.29) is 59.3 Å². The maximum atomic E-state index is 15.4. The number of carbonyl (C=O) groups is 4. The van der Waals surface area contributed by atoms with E-state index in [1.807, 2.05) is 30.3 Å². The van der Waals surface area contributed by atoms with Crippen molar-refractivity contribution in [3.63, 3.8) is 0 Å². The number of halogens is 1. The molecule has 7 rings (SSSR count). The highest BCUT2D eigenvalue weighted by atomic mass is 19.1. The molecule has 4 aliphatic rings. The second-order valence-corrected chi connectivity index (χ2v) is 13.1. The molecule has 2 N–H and O–H groups in total. The number of amides is 3. The lowest BCUT2D eigenvalue weighted by molar-refractivity contribution is -0.119. The van der Waals surface area contributed by atoms with E-state index in [0.717, 1.165) is 37.3 Å². The van der Waals surface area contributed by atoms with Crippen molar-refractivity contribution in [3.8, 4) is 5.75 Å². The lowest BCUT2D eigenvalue weighted by Gasteiger charge is -2.43. The van der Waals surface area contributed by atoms with Crippen LogP contribution in [0.3, 0.4) is 0 Å². The first-order valence-corrected chi connectivity index (χ1v) is 16.1. The van der Waals surface area contributed by atoms with E-state index in [2.05, 4.69) is 25.6 Å². The predicted octanol–water partition coefficient (Wildman–Crippen LogP) is 4.83. The van der Waals surface area contributed by atoms with Gasteiger partial charge in [0.05, 0.1) is 17.7 Å². The molecule has 2 aliphatic heterocycles. The number of anilines is 1. The van der Waals surface area contributed by atoms with Gasteiger partial charge in [0.1, 0.15) is 35.5 Å². The normalized spacial score (nSPS) is 19.1. The summed E-state index contributed by atoms with van der Waals surface area (Å²) >= 11 is 0.